The molecule has 0 bridgehead atoms. The quantitative estimate of drug-likeness (QED) is 0.746. The van der Waals surface area contributed by atoms with Gasteiger partial charge < -0.3 is 5.32 Å². The van der Waals surface area contributed by atoms with E-state index in [0.717, 1.165) is 16.9 Å². The van der Waals surface area contributed by atoms with Crippen LogP contribution in [0.1, 0.15) is 27.3 Å². The fraction of sp³-hybridized carbons (Fsp3) is 0.167. The van der Waals surface area contributed by atoms with Crippen molar-refractivity contribution in [2.75, 3.05) is 0 Å². The fourth-order valence-corrected chi connectivity index (χ4v) is 2.91. The van der Waals surface area contributed by atoms with Crippen molar-refractivity contribution in [3.8, 4) is 5.69 Å². The van der Waals surface area contributed by atoms with E-state index < -0.39 is 0 Å². The molecule has 0 atom stereocenters. The number of pyridine rings is 1. The highest BCUT2D eigenvalue weighted by Gasteiger charge is 2.19. The lowest BCUT2D eigenvalue weighted by Gasteiger charge is -2.07. The molecule has 2 aromatic heterocycles. The molecule has 25 heavy (non-hydrogen) atoms. The van der Waals surface area contributed by atoms with Crippen LogP contribution in [0.25, 0.3) is 5.69 Å². The van der Waals surface area contributed by atoms with Gasteiger partial charge in [0.05, 0.1) is 32.7 Å². The second kappa shape index (κ2) is 7.25. The lowest BCUT2D eigenvalue weighted by atomic mass is 10.1. The average molecular weight is 375 g/mol. The van der Waals surface area contributed by atoms with E-state index in [0.29, 0.717) is 27.8 Å². The summed E-state index contributed by atoms with van der Waals surface area (Å²) in [5, 5.41) is 8.28. The molecule has 5 nitrogen and oxygen atoms in total. The summed E-state index contributed by atoms with van der Waals surface area (Å²) in [5.74, 6) is -0.176. The van der Waals surface area contributed by atoms with Crippen molar-refractivity contribution in [1.82, 2.24) is 20.1 Å². The molecular weight excluding hydrogens is 359 g/mol. The van der Waals surface area contributed by atoms with Crippen molar-refractivity contribution >= 4 is 29.1 Å². The van der Waals surface area contributed by atoms with Crippen molar-refractivity contribution < 1.29 is 4.79 Å². The van der Waals surface area contributed by atoms with Gasteiger partial charge in [0.1, 0.15) is 0 Å². The minimum absolute atomic E-state index is 0.176. The number of benzene rings is 1. The molecule has 0 saturated carbocycles. The zero-order valence-corrected chi connectivity index (χ0v) is 15.3. The summed E-state index contributed by atoms with van der Waals surface area (Å²) in [4.78, 5) is 16.6. The Morgan fingerprint density at radius 2 is 2.00 bits per heavy atom. The number of rotatable bonds is 4. The number of hydrogen-bond acceptors (Lipinski definition) is 3. The maximum absolute atomic E-state index is 12.6. The second-order valence-corrected chi connectivity index (χ2v) is 6.41. The first kappa shape index (κ1) is 17.5. The van der Waals surface area contributed by atoms with Crippen LogP contribution >= 0.6 is 23.2 Å². The highest BCUT2D eigenvalue weighted by molar-refractivity contribution is 6.42. The van der Waals surface area contributed by atoms with Crippen LogP contribution in [-0.2, 0) is 6.54 Å². The Bertz CT molecular complexity index is 922. The number of halogens is 2. The smallest absolute Gasteiger partial charge is 0.255 e. The van der Waals surface area contributed by atoms with Crippen molar-refractivity contribution in [1.29, 1.82) is 0 Å². The molecule has 1 amide bonds. The van der Waals surface area contributed by atoms with Gasteiger partial charge in [0.25, 0.3) is 5.91 Å². The Hall–Kier alpha value is -2.37. The molecule has 0 aliphatic carbocycles. The molecule has 0 unspecified atom stereocenters. The van der Waals surface area contributed by atoms with Crippen LogP contribution in [0.4, 0.5) is 0 Å². The number of hydrogen-bond donors (Lipinski definition) is 1. The number of amides is 1. The van der Waals surface area contributed by atoms with Gasteiger partial charge in [-0.3, -0.25) is 9.78 Å². The summed E-state index contributed by atoms with van der Waals surface area (Å²) in [6.45, 7) is 4.06. The SMILES string of the molecule is Cc1nn(-c2ccc(Cl)c(Cl)c2)c(C)c1C(=O)NCc1cccnc1. The molecule has 7 heteroatoms. The van der Waals surface area contributed by atoms with Crippen LogP contribution in [0.15, 0.2) is 42.7 Å². The Morgan fingerprint density at radius 1 is 1.20 bits per heavy atom. The zero-order chi connectivity index (χ0) is 18.0. The molecule has 0 aliphatic heterocycles. The minimum Gasteiger partial charge on any atom is -0.348 e. The third kappa shape index (κ3) is 3.67. The Labute approximate surface area is 155 Å². The van der Waals surface area contributed by atoms with Crippen molar-refractivity contribution in [3.63, 3.8) is 0 Å². The Kier molecular flexibility index (Phi) is 5.06. The van der Waals surface area contributed by atoms with Gasteiger partial charge in [-0.1, -0.05) is 29.3 Å². The summed E-state index contributed by atoms with van der Waals surface area (Å²) in [5.41, 5.74) is 3.62. The summed E-state index contributed by atoms with van der Waals surface area (Å²) in [7, 11) is 0. The maximum atomic E-state index is 12.6. The van der Waals surface area contributed by atoms with E-state index in [1.54, 1.807) is 36.1 Å². The normalized spacial score (nSPS) is 10.7. The second-order valence-electron chi connectivity index (χ2n) is 5.60. The van der Waals surface area contributed by atoms with Crippen LogP contribution in [0, 0.1) is 13.8 Å². The predicted molar refractivity (Wildman–Crippen MR) is 98.5 cm³/mol. The first-order valence-electron chi connectivity index (χ1n) is 7.66. The van der Waals surface area contributed by atoms with Crippen molar-refractivity contribution in [2.45, 2.75) is 20.4 Å². The van der Waals surface area contributed by atoms with Crippen LogP contribution in [-0.4, -0.2) is 20.7 Å². The number of carbonyl (C=O) groups excluding carboxylic acids is 1. The molecule has 0 saturated heterocycles. The van der Waals surface area contributed by atoms with Crippen molar-refractivity contribution in [3.05, 3.63) is 75.3 Å². The monoisotopic (exact) mass is 374 g/mol. The largest absolute Gasteiger partial charge is 0.348 e. The number of aromatic nitrogens is 3. The molecule has 0 radical (unpaired) electrons. The summed E-state index contributed by atoms with van der Waals surface area (Å²) in [6, 6.07) is 8.98. The topological polar surface area (TPSA) is 59.8 Å². The van der Waals surface area contributed by atoms with E-state index in [-0.39, 0.29) is 5.91 Å². The van der Waals surface area contributed by atoms with E-state index in [1.807, 2.05) is 25.1 Å². The molecular formula is C18H16Cl2N4O. The zero-order valence-electron chi connectivity index (χ0n) is 13.8. The van der Waals surface area contributed by atoms with E-state index >= 15 is 0 Å². The lowest BCUT2D eigenvalue weighted by Crippen LogP contribution is -2.24. The highest BCUT2D eigenvalue weighted by atomic mass is 35.5. The molecule has 2 heterocycles. The highest BCUT2D eigenvalue weighted by Crippen LogP contribution is 2.26. The standard InChI is InChI=1S/C18H16Cl2N4O/c1-11-17(18(25)22-10-13-4-3-7-21-9-13)12(2)24(23-11)14-5-6-15(19)16(20)8-14/h3-9H,10H2,1-2H3,(H,22,25). The van der Waals surface area contributed by atoms with E-state index in [4.69, 9.17) is 23.2 Å². The van der Waals surface area contributed by atoms with Gasteiger partial charge in [-0.25, -0.2) is 4.68 Å². The lowest BCUT2D eigenvalue weighted by molar-refractivity contribution is 0.0949. The fourth-order valence-electron chi connectivity index (χ4n) is 2.61. The van der Waals surface area contributed by atoms with Gasteiger partial charge in [-0.15, -0.1) is 0 Å². The number of carbonyl (C=O) groups is 1. The van der Waals surface area contributed by atoms with Gasteiger partial charge in [0, 0.05) is 18.9 Å². The van der Waals surface area contributed by atoms with E-state index in [1.165, 1.54) is 0 Å². The summed E-state index contributed by atoms with van der Waals surface area (Å²) in [6.07, 6.45) is 3.42. The molecule has 1 aromatic carbocycles. The summed E-state index contributed by atoms with van der Waals surface area (Å²) < 4.78 is 1.69. The number of nitrogens with zero attached hydrogens (tertiary/aromatic N) is 3. The van der Waals surface area contributed by atoms with E-state index in [9.17, 15) is 4.79 Å². The summed E-state index contributed by atoms with van der Waals surface area (Å²) >= 11 is 12.0. The first-order valence-corrected chi connectivity index (χ1v) is 8.41. The van der Waals surface area contributed by atoms with E-state index in [2.05, 4.69) is 15.4 Å². The molecule has 3 rings (SSSR count). The molecule has 3 aromatic rings. The first-order chi connectivity index (χ1) is 12.0. The maximum Gasteiger partial charge on any atom is 0.255 e. The average Bonchev–Trinajstić information content (AvgIpc) is 2.91. The van der Waals surface area contributed by atoms with Crippen LogP contribution in [0.5, 0.6) is 0 Å². The van der Waals surface area contributed by atoms with Gasteiger partial charge in [0.2, 0.25) is 0 Å². The number of nitrogens with one attached hydrogen (secondary N) is 1. The van der Waals surface area contributed by atoms with Crippen LogP contribution in [0.2, 0.25) is 10.0 Å². The Morgan fingerprint density at radius 3 is 2.68 bits per heavy atom. The molecule has 0 fully saturated rings. The third-order valence-electron chi connectivity index (χ3n) is 3.84. The number of aryl methyl sites for hydroxylation is 1. The van der Waals surface area contributed by atoms with Gasteiger partial charge in [-0.05, 0) is 43.7 Å². The molecule has 1 N–H and O–H groups in total. The molecule has 0 spiro atoms. The molecule has 128 valence electrons. The van der Waals surface area contributed by atoms with Crippen LogP contribution in [0.3, 0.4) is 0 Å². The van der Waals surface area contributed by atoms with Crippen LogP contribution < -0.4 is 5.32 Å². The van der Waals surface area contributed by atoms with Gasteiger partial charge >= 0.3 is 0 Å². The minimum atomic E-state index is -0.176. The van der Waals surface area contributed by atoms with Gasteiger partial charge in [-0.2, -0.15) is 5.10 Å². The molecule has 0 aliphatic rings. The Balaban J connectivity index is 1.86. The third-order valence-corrected chi connectivity index (χ3v) is 4.58. The predicted octanol–water partition coefficient (Wildman–Crippen LogP) is 4.12. The van der Waals surface area contributed by atoms with Gasteiger partial charge in [0.15, 0.2) is 0 Å². The van der Waals surface area contributed by atoms with Crippen molar-refractivity contribution in [2.24, 2.45) is 0 Å².